The highest BCUT2D eigenvalue weighted by Crippen LogP contribution is 2.59. The summed E-state index contributed by atoms with van der Waals surface area (Å²) in [5.41, 5.74) is 3.62. The Morgan fingerprint density at radius 2 is 2.00 bits per heavy atom. The number of allylic oxidation sites excluding steroid dienone is 1. The van der Waals surface area contributed by atoms with Gasteiger partial charge in [-0.1, -0.05) is 23.8 Å². The number of fused-ring (bicyclic) bond motifs is 1. The van der Waals surface area contributed by atoms with Crippen molar-refractivity contribution in [3.63, 3.8) is 0 Å². The van der Waals surface area contributed by atoms with E-state index in [1.165, 1.54) is 31.3 Å². The Bertz CT molecular complexity index is 983. The molecule has 2 amide bonds. The zero-order valence-corrected chi connectivity index (χ0v) is 18.9. The average Bonchev–Trinajstić information content (AvgIpc) is 3.35. The summed E-state index contributed by atoms with van der Waals surface area (Å²) in [6.45, 7) is 2.31. The van der Waals surface area contributed by atoms with Crippen molar-refractivity contribution in [2.24, 2.45) is 11.3 Å². The quantitative estimate of drug-likeness (QED) is 0.643. The molecule has 1 atom stereocenters. The van der Waals surface area contributed by atoms with Gasteiger partial charge in [0, 0.05) is 38.4 Å². The molecule has 5 rings (SSSR count). The zero-order valence-electron chi connectivity index (χ0n) is 18.9. The minimum atomic E-state index is 0.143. The number of aromatic nitrogens is 2. The van der Waals surface area contributed by atoms with Gasteiger partial charge in [0.2, 0.25) is 11.8 Å². The maximum atomic E-state index is 12.7. The number of H-pyrrole nitrogens is 1. The monoisotopic (exact) mass is 434 g/mol. The molecule has 1 aromatic heterocycles. The molecule has 1 spiro atoms. The van der Waals surface area contributed by atoms with E-state index in [0.29, 0.717) is 12.8 Å². The van der Waals surface area contributed by atoms with Gasteiger partial charge in [-0.2, -0.15) is 0 Å². The number of hydrogen-bond donors (Lipinski definition) is 2. The SMILES string of the molecule is O=C(NCCC1=CCCCC1)[C@H]1CC12CCN(C(=O)CCc1nc3ccccc3[nH]1)CC2. The van der Waals surface area contributed by atoms with Crippen LogP contribution in [-0.2, 0) is 16.0 Å². The Hall–Kier alpha value is -2.63. The number of hydrogen-bond acceptors (Lipinski definition) is 3. The number of para-hydroxylation sites is 2. The lowest BCUT2D eigenvalue weighted by Gasteiger charge is -2.33. The first kappa shape index (κ1) is 21.2. The number of aromatic amines is 1. The van der Waals surface area contributed by atoms with E-state index in [-0.39, 0.29) is 23.1 Å². The average molecular weight is 435 g/mol. The second-order valence-electron chi connectivity index (χ2n) is 9.85. The third-order valence-electron chi connectivity index (χ3n) is 7.76. The number of amides is 2. The molecule has 32 heavy (non-hydrogen) atoms. The molecular formula is C26H34N4O2. The van der Waals surface area contributed by atoms with Gasteiger partial charge < -0.3 is 15.2 Å². The van der Waals surface area contributed by atoms with E-state index >= 15 is 0 Å². The number of carbonyl (C=O) groups excluding carboxylic acids is 2. The number of imidazole rings is 1. The topological polar surface area (TPSA) is 78.1 Å². The number of piperidine rings is 1. The van der Waals surface area contributed by atoms with E-state index in [9.17, 15) is 9.59 Å². The van der Waals surface area contributed by atoms with Gasteiger partial charge in [0.05, 0.1) is 11.0 Å². The molecule has 0 bridgehead atoms. The molecular weight excluding hydrogens is 400 g/mol. The largest absolute Gasteiger partial charge is 0.356 e. The van der Waals surface area contributed by atoms with Crippen LogP contribution in [-0.4, -0.2) is 46.3 Å². The summed E-state index contributed by atoms with van der Waals surface area (Å²) in [6.07, 6.45) is 12.4. The molecule has 1 aromatic carbocycles. The number of rotatable bonds is 7. The Morgan fingerprint density at radius 1 is 1.16 bits per heavy atom. The van der Waals surface area contributed by atoms with Gasteiger partial charge in [0.25, 0.3) is 0 Å². The van der Waals surface area contributed by atoms with Crippen molar-refractivity contribution < 1.29 is 9.59 Å². The Kier molecular flexibility index (Phi) is 6.03. The van der Waals surface area contributed by atoms with Crippen LogP contribution in [0.1, 0.15) is 63.6 Å². The summed E-state index contributed by atoms with van der Waals surface area (Å²) in [7, 11) is 0. The first-order valence-corrected chi connectivity index (χ1v) is 12.3. The van der Waals surface area contributed by atoms with Crippen LogP contribution >= 0.6 is 0 Å². The normalized spacial score (nSPS) is 22.1. The van der Waals surface area contributed by atoms with Gasteiger partial charge in [0.1, 0.15) is 5.82 Å². The van der Waals surface area contributed by atoms with Crippen molar-refractivity contribution in [1.82, 2.24) is 20.2 Å². The molecule has 2 fully saturated rings. The predicted molar refractivity (Wildman–Crippen MR) is 125 cm³/mol. The smallest absolute Gasteiger partial charge is 0.223 e. The standard InChI is InChI=1S/C26H34N4O2/c31-24(11-10-23-28-21-8-4-5-9-22(21)29-23)30-16-13-26(14-17-30)18-20(26)25(32)27-15-12-19-6-2-1-3-7-19/h4-6,8-9,20H,1-3,7,10-18H2,(H,27,32)(H,28,29)/t20-/m1/s1. The summed E-state index contributed by atoms with van der Waals surface area (Å²) in [6, 6.07) is 7.95. The molecule has 6 heteroatoms. The summed E-state index contributed by atoms with van der Waals surface area (Å²) >= 11 is 0. The van der Waals surface area contributed by atoms with Gasteiger partial charge in [-0.15, -0.1) is 0 Å². The number of carbonyl (C=O) groups is 2. The molecule has 6 nitrogen and oxygen atoms in total. The molecule has 170 valence electrons. The van der Waals surface area contributed by atoms with Gasteiger partial charge in [-0.25, -0.2) is 4.98 Å². The van der Waals surface area contributed by atoms with Gasteiger partial charge in [-0.05, 0) is 68.9 Å². The van der Waals surface area contributed by atoms with Crippen molar-refractivity contribution in [2.75, 3.05) is 19.6 Å². The lowest BCUT2D eigenvalue weighted by atomic mass is 9.90. The number of likely N-dealkylation sites (tertiary alicyclic amines) is 1. The van der Waals surface area contributed by atoms with Crippen molar-refractivity contribution in [3.8, 4) is 0 Å². The van der Waals surface area contributed by atoms with E-state index in [1.54, 1.807) is 0 Å². The molecule has 2 N–H and O–H groups in total. The van der Waals surface area contributed by atoms with Crippen LogP contribution in [0.3, 0.4) is 0 Å². The number of nitrogens with one attached hydrogen (secondary N) is 2. The van der Waals surface area contributed by atoms with Crippen LogP contribution in [0.25, 0.3) is 11.0 Å². The van der Waals surface area contributed by atoms with Crippen LogP contribution in [0.5, 0.6) is 0 Å². The maximum absolute atomic E-state index is 12.7. The molecule has 0 unspecified atom stereocenters. The summed E-state index contributed by atoms with van der Waals surface area (Å²) in [4.78, 5) is 35.2. The Labute approximate surface area is 189 Å². The maximum Gasteiger partial charge on any atom is 0.223 e. The second-order valence-corrected chi connectivity index (χ2v) is 9.85. The fraction of sp³-hybridized carbons (Fsp3) is 0.577. The van der Waals surface area contributed by atoms with Crippen LogP contribution in [0.2, 0.25) is 0 Å². The highest BCUT2D eigenvalue weighted by atomic mass is 16.2. The Morgan fingerprint density at radius 3 is 2.78 bits per heavy atom. The minimum absolute atomic E-state index is 0.143. The zero-order chi connectivity index (χ0) is 22.0. The molecule has 1 aliphatic heterocycles. The second kappa shape index (κ2) is 9.08. The Balaban J connectivity index is 1.04. The van der Waals surface area contributed by atoms with Crippen molar-refractivity contribution in [2.45, 2.75) is 64.2 Å². The van der Waals surface area contributed by atoms with E-state index in [4.69, 9.17) is 0 Å². The van der Waals surface area contributed by atoms with Crippen LogP contribution in [0.15, 0.2) is 35.9 Å². The third kappa shape index (κ3) is 4.59. The number of benzene rings is 1. The fourth-order valence-electron chi connectivity index (χ4n) is 5.58. The van der Waals surface area contributed by atoms with Crippen LogP contribution < -0.4 is 5.32 Å². The van der Waals surface area contributed by atoms with E-state index < -0.39 is 0 Å². The van der Waals surface area contributed by atoms with E-state index in [1.807, 2.05) is 29.2 Å². The fourth-order valence-corrected chi connectivity index (χ4v) is 5.58. The summed E-state index contributed by atoms with van der Waals surface area (Å²) < 4.78 is 0. The molecule has 0 radical (unpaired) electrons. The molecule has 2 aliphatic carbocycles. The lowest BCUT2D eigenvalue weighted by Crippen LogP contribution is -2.40. The lowest BCUT2D eigenvalue weighted by molar-refractivity contribution is -0.132. The summed E-state index contributed by atoms with van der Waals surface area (Å²) in [5.74, 6) is 1.44. The number of aryl methyl sites for hydroxylation is 1. The van der Waals surface area contributed by atoms with E-state index in [2.05, 4.69) is 21.4 Å². The van der Waals surface area contributed by atoms with Gasteiger partial charge in [-0.3, -0.25) is 9.59 Å². The van der Waals surface area contributed by atoms with E-state index in [0.717, 1.165) is 62.2 Å². The number of nitrogens with zero attached hydrogens (tertiary/aromatic N) is 2. The predicted octanol–water partition coefficient (Wildman–Crippen LogP) is 4.13. The molecule has 1 saturated heterocycles. The van der Waals surface area contributed by atoms with Crippen LogP contribution in [0.4, 0.5) is 0 Å². The minimum Gasteiger partial charge on any atom is -0.356 e. The highest BCUT2D eigenvalue weighted by molar-refractivity contribution is 5.83. The first-order chi connectivity index (χ1) is 15.6. The molecule has 1 saturated carbocycles. The van der Waals surface area contributed by atoms with Crippen molar-refractivity contribution >= 4 is 22.8 Å². The van der Waals surface area contributed by atoms with Crippen LogP contribution in [0, 0.1) is 11.3 Å². The highest BCUT2D eigenvalue weighted by Gasteiger charge is 2.58. The summed E-state index contributed by atoms with van der Waals surface area (Å²) in [5, 5.41) is 3.18. The molecule has 2 heterocycles. The van der Waals surface area contributed by atoms with Crippen molar-refractivity contribution in [1.29, 1.82) is 0 Å². The molecule has 3 aliphatic rings. The van der Waals surface area contributed by atoms with Crippen molar-refractivity contribution in [3.05, 3.63) is 41.7 Å². The third-order valence-corrected chi connectivity index (χ3v) is 7.76. The van der Waals surface area contributed by atoms with Gasteiger partial charge >= 0.3 is 0 Å². The van der Waals surface area contributed by atoms with Gasteiger partial charge in [0.15, 0.2) is 0 Å². The molecule has 2 aromatic rings. The first-order valence-electron chi connectivity index (χ1n) is 12.3.